The standard InChI is InChI=1S/C14H13F2N3O/c1-8-11(5-10(17)7-18-8)14(20)19-6-9-2-3-12(15)13(16)4-9/h2-5,7H,6,17H2,1H3,(H,19,20). The second-order valence-electron chi connectivity index (χ2n) is 4.33. The van der Waals surface area contributed by atoms with Gasteiger partial charge >= 0.3 is 0 Å². The molecule has 0 radical (unpaired) electrons. The molecule has 0 atom stereocenters. The molecule has 1 amide bonds. The molecule has 2 rings (SSSR count). The number of nitrogens with one attached hydrogen (secondary N) is 1. The first kappa shape index (κ1) is 13.9. The molecule has 104 valence electrons. The van der Waals surface area contributed by atoms with E-state index in [1.807, 2.05) is 0 Å². The maximum absolute atomic E-state index is 13.0. The molecule has 1 aromatic carbocycles. The van der Waals surface area contributed by atoms with Crippen LogP contribution in [0.25, 0.3) is 0 Å². The quantitative estimate of drug-likeness (QED) is 0.903. The average Bonchev–Trinajstić information content (AvgIpc) is 2.42. The summed E-state index contributed by atoms with van der Waals surface area (Å²) in [6, 6.07) is 4.98. The monoisotopic (exact) mass is 277 g/mol. The summed E-state index contributed by atoms with van der Waals surface area (Å²) in [5, 5.41) is 2.61. The van der Waals surface area contributed by atoms with Gasteiger partial charge in [-0.2, -0.15) is 0 Å². The van der Waals surface area contributed by atoms with Gasteiger partial charge in [0.2, 0.25) is 0 Å². The lowest BCUT2D eigenvalue weighted by Gasteiger charge is -2.08. The van der Waals surface area contributed by atoms with Crippen molar-refractivity contribution in [2.75, 3.05) is 5.73 Å². The van der Waals surface area contributed by atoms with Crippen LogP contribution in [0.1, 0.15) is 21.6 Å². The van der Waals surface area contributed by atoms with Gasteiger partial charge < -0.3 is 11.1 Å². The molecule has 0 aliphatic rings. The zero-order valence-corrected chi connectivity index (χ0v) is 10.8. The van der Waals surface area contributed by atoms with E-state index in [1.165, 1.54) is 18.3 Å². The van der Waals surface area contributed by atoms with Crippen molar-refractivity contribution in [3.05, 3.63) is 58.9 Å². The van der Waals surface area contributed by atoms with Gasteiger partial charge in [0.05, 0.1) is 23.1 Å². The summed E-state index contributed by atoms with van der Waals surface area (Å²) in [7, 11) is 0. The number of nitrogen functional groups attached to an aromatic ring is 1. The molecule has 1 aromatic heterocycles. The first-order valence-electron chi connectivity index (χ1n) is 5.91. The van der Waals surface area contributed by atoms with Crippen molar-refractivity contribution < 1.29 is 13.6 Å². The van der Waals surface area contributed by atoms with Crippen LogP contribution in [-0.4, -0.2) is 10.9 Å². The third-order valence-electron chi connectivity index (χ3n) is 2.79. The summed E-state index contributed by atoms with van der Waals surface area (Å²) in [4.78, 5) is 16.0. The van der Waals surface area contributed by atoms with Crippen molar-refractivity contribution in [1.82, 2.24) is 10.3 Å². The van der Waals surface area contributed by atoms with Crippen molar-refractivity contribution in [1.29, 1.82) is 0 Å². The lowest BCUT2D eigenvalue weighted by molar-refractivity contribution is 0.0950. The number of aryl methyl sites for hydroxylation is 1. The minimum atomic E-state index is -0.946. The Morgan fingerprint density at radius 1 is 1.30 bits per heavy atom. The molecule has 6 heteroatoms. The number of rotatable bonds is 3. The molecule has 0 saturated carbocycles. The first-order chi connectivity index (χ1) is 9.47. The maximum Gasteiger partial charge on any atom is 0.253 e. The van der Waals surface area contributed by atoms with E-state index in [0.29, 0.717) is 22.5 Å². The number of hydrogen-bond acceptors (Lipinski definition) is 3. The summed E-state index contributed by atoms with van der Waals surface area (Å²) >= 11 is 0. The Morgan fingerprint density at radius 2 is 2.05 bits per heavy atom. The lowest BCUT2D eigenvalue weighted by atomic mass is 10.1. The molecule has 0 bridgehead atoms. The molecule has 3 N–H and O–H groups in total. The van der Waals surface area contributed by atoms with Crippen molar-refractivity contribution in [3.8, 4) is 0 Å². The van der Waals surface area contributed by atoms with E-state index in [9.17, 15) is 13.6 Å². The van der Waals surface area contributed by atoms with Crippen LogP contribution in [-0.2, 0) is 6.54 Å². The van der Waals surface area contributed by atoms with Crippen LogP contribution < -0.4 is 11.1 Å². The summed E-state index contributed by atoms with van der Waals surface area (Å²) in [6.07, 6.45) is 1.46. The molecule has 20 heavy (non-hydrogen) atoms. The number of carbonyl (C=O) groups excluding carboxylic acids is 1. The van der Waals surface area contributed by atoms with E-state index < -0.39 is 11.6 Å². The van der Waals surface area contributed by atoms with Crippen LogP contribution in [0.5, 0.6) is 0 Å². The zero-order chi connectivity index (χ0) is 14.7. The summed E-state index contributed by atoms with van der Waals surface area (Å²) in [6.45, 7) is 1.77. The van der Waals surface area contributed by atoms with Gasteiger partial charge in [-0.1, -0.05) is 6.07 Å². The predicted molar refractivity (Wildman–Crippen MR) is 70.9 cm³/mol. The van der Waals surface area contributed by atoms with Gasteiger partial charge in [0, 0.05) is 6.54 Å². The number of aromatic nitrogens is 1. The highest BCUT2D eigenvalue weighted by atomic mass is 19.2. The minimum absolute atomic E-state index is 0.0876. The Morgan fingerprint density at radius 3 is 2.75 bits per heavy atom. The second kappa shape index (κ2) is 5.64. The first-order valence-corrected chi connectivity index (χ1v) is 5.91. The van der Waals surface area contributed by atoms with E-state index >= 15 is 0 Å². The van der Waals surface area contributed by atoms with E-state index in [1.54, 1.807) is 6.92 Å². The van der Waals surface area contributed by atoms with Gasteiger partial charge in [-0.25, -0.2) is 8.78 Å². The van der Waals surface area contributed by atoms with E-state index in [0.717, 1.165) is 12.1 Å². The Hall–Kier alpha value is -2.50. The third kappa shape index (κ3) is 3.09. The number of nitrogens with two attached hydrogens (primary N) is 1. The van der Waals surface area contributed by atoms with Crippen molar-refractivity contribution in [2.24, 2.45) is 0 Å². The number of amides is 1. The van der Waals surface area contributed by atoms with Crippen LogP contribution in [0.15, 0.2) is 30.5 Å². The molecule has 0 fully saturated rings. The molecule has 2 aromatic rings. The highest BCUT2D eigenvalue weighted by molar-refractivity contribution is 5.95. The molecular formula is C14H13F2N3O. The van der Waals surface area contributed by atoms with Crippen molar-refractivity contribution >= 4 is 11.6 Å². The number of benzene rings is 1. The van der Waals surface area contributed by atoms with Crippen molar-refractivity contribution in [2.45, 2.75) is 13.5 Å². The number of carbonyl (C=O) groups is 1. The van der Waals surface area contributed by atoms with Gasteiger partial charge in [-0.05, 0) is 30.7 Å². The van der Waals surface area contributed by atoms with Crippen LogP contribution >= 0.6 is 0 Å². The third-order valence-corrected chi connectivity index (χ3v) is 2.79. The minimum Gasteiger partial charge on any atom is -0.397 e. The van der Waals surface area contributed by atoms with Crippen LogP contribution in [0, 0.1) is 18.6 Å². The van der Waals surface area contributed by atoms with Crippen LogP contribution in [0.2, 0.25) is 0 Å². The summed E-state index contributed by atoms with van der Waals surface area (Å²) in [5.74, 6) is -2.23. The molecule has 0 spiro atoms. The number of nitrogens with zero attached hydrogens (tertiary/aromatic N) is 1. The average molecular weight is 277 g/mol. The van der Waals surface area contributed by atoms with Gasteiger partial charge in [0.15, 0.2) is 11.6 Å². The molecule has 0 aliphatic heterocycles. The van der Waals surface area contributed by atoms with E-state index in [-0.39, 0.29) is 12.5 Å². The Labute approximate surface area is 114 Å². The fourth-order valence-electron chi connectivity index (χ4n) is 1.71. The van der Waals surface area contributed by atoms with E-state index in [4.69, 9.17) is 5.73 Å². The smallest absolute Gasteiger partial charge is 0.253 e. The van der Waals surface area contributed by atoms with Crippen LogP contribution in [0.3, 0.4) is 0 Å². The highest BCUT2D eigenvalue weighted by Crippen LogP contribution is 2.11. The van der Waals surface area contributed by atoms with E-state index in [2.05, 4.69) is 10.3 Å². The molecule has 0 saturated heterocycles. The molecular weight excluding hydrogens is 264 g/mol. The topological polar surface area (TPSA) is 68.0 Å². The number of halogens is 2. The second-order valence-corrected chi connectivity index (χ2v) is 4.33. The summed E-state index contributed by atoms with van der Waals surface area (Å²) < 4.78 is 25.8. The fraction of sp³-hybridized carbons (Fsp3) is 0.143. The number of anilines is 1. The molecule has 1 heterocycles. The lowest BCUT2D eigenvalue weighted by Crippen LogP contribution is -2.24. The Balaban J connectivity index is 2.08. The zero-order valence-electron chi connectivity index (χ0n) is 10.8. The Bertz CT molecular complexity index is 659. The molecule has 4 nitrogen and oxygen atoms in total. The summed E-state index contributed by atoms with van der Waals surface area (Å²) in [5.41, 5.74) is 7.32. The maximum atomic E-state index is 13.0. The van der Waals surface area contributed by atoms with Gasteiger partial charge in [-0.3, -0.25) is 9.78 Å². The molecule has 0 aliphatic carbocycles. The highest BCUT2D eigenvalue weighted by Gasteiger charge is 2.10. The Kier molecular flexibility index (Phi) is 3.93. The van der Waals surface area contributed by atoms with Gasteiger partial charge in [-0.15, -0.1) is 0 Å². The predicted octanol–water partition coefficient (Wildman–Crippen LogP) is 2.18. The van der Waals surface area contributed by atoms with Crippen LogP contribution in [0.4, 0.5) is 14.5 Å². The largest absolute Gasteiger partial charge is 0.397 e. The SMILES string of the molecule is Cc1ncc(N)cc1C(=O)NCc1ccc(F)c(F)c1. The van der Waals surface area contributed by atoms with Gasteiger partial charge in [0.25, 0.3) is 5.91 Å². The number of pyridine rings is 1. The normalized spacial score (nSPS) is 10.3. The van der Waals surface area contributed by atoms with Gasteiger partial charge in [0.1, 0.15) is 0 Å². The fourth-order valence-corrected chi connectivity index (χ4v) is 1.71. The molecule has 0 unspecified atom stereocenters. The van der Waals surface area contributed by atoms with Crippen molar-refractivity contribution in [3.63, 3.8) is 0 Å². The number of hydrogen-bond donors (Lipinski definition) is 2.